The number of carbonyl (C=O) groups excluding carboxylic acids is 3. The number of aromatic nitrogens is 3. The molecule has 3 aliphatic rings. The first-order valence-electron chi connectivity index (χ1n) is 21.7. The zero-order valence-electron chi connectivity index (χ0n) is 37.8. The molecule has 0 radical (unpaired) electrons. The topological polar surface area (TPSA) is 178 Å². The van der Waals surface area contributed by atoms with Crippen molar-refractivity contribution < 1.29 is 37.0 Å². The smallest absolute Gasteiger partial charge is 0.282 e. The Hall–Kier alpha value is -4.14. The van der Waals surface area contributed by atoms with Crippen molar-refractivity contribution >= 4 is 50.5 Å². The van der Waals surface area contributed by atoms with Crippen LogP contribution in [-0.4, -0.2) is 133 Å². The monoisotopic (exact) mass is 906 g/mol. The number of rotatable bonds is 12. The van der Waals surface area contributed by atoms with Crippen LogP contribution in [0.1, 0.15) is 76.8 Å². The number of nitrogens with one attached hydrogen (secondary N) is 2. The number of carbonyl (C=O) groups is 3. The summed E-state index contributed by atoms with van der Waals surface area (Å²) in [4.78, 5) is 51.9. The molecule has 3 aromatic heterocycles. The molecule has 3 aliphatic heterocycles. The van der Waals surface area contributed by atoms with E-state index in [2.05, 4.69) is 60.3 Å². The highest BCUT2D eigenvalue weighted by molar-refractivity contribution is 7.86. The van der Waals surface area contributed by atoms with Crippen LogP contribution >= 0.6 is 11.3 Å². The molecule has 16 nitrogen and oxygen atoms in total. The number of hydrogen-bond donors (Lipinski definition) is 2. The lowest BCUT2D eigenvalue weighted by Crippen LogP contribution is -2.67. The highest BCUT2D eigenvalue weighted by Crippen LogP contribution is 2.42. The predicted octanol–water partition coefficient (Wildman–Crippen LogP) is 4.78. The molecular weight excluding hydrogens is 845 g/mol. The van der Waals surface area contributed by atoms with E-state index in [0.717, 1.165) is 55.3 Å². The summed E-state index contributed by atoms with van der Waals surface area (Å²) in [5.41, 5.74) is 8.29. The van der Waals surface area contributed by atoms with Crippen LogP contribution in [0.2, 0.25) is 0 Å². The molecule has 0 aliphatic carbocycles. The fourth-order valence-electron chi connectivity index (χ4n) is 9.12. The molecule has 6 bridgehead atoms. The van der Waals surface area contributed by atoms with E-state index in [0.29, 0.717) is 37.4 Å². The quantitative estimate of drug-likeness (QED) is 0.187. The van der Waals surface area contributed by atoms with E-state index in [1.54, 1.807) is 27.2 Å². The van der Waals surface area contributed by atoms with Crippen LogP contribution in [0.25, 0.3) is 33.4 Å². The number of fused-ring (bicyclic) bond motifs is 6. The molecule has 4 atom stereocenters. The molecule has 0 saturated carbocycles. The number of ether oxygens (including phenoxy) is 3. The van der Waals surface area contributed by atoms with Crippen molar-refractivity contribution in [3.63, 3.8) is 0 Å². The molecule has 342 valence electrons. The zero-order chi connectivity index (χ0) is 45.4. The molecule has 2 amide bonds. The summed E-state index contributed by atoms with van der Waals surface area (Å²) >= 11 is 1.38. The summed E-state index contributed by atoms with van der Waals surface area (Å²) in [5.74, 6) is -1.53. The van der Waals surface area contributed by atoms with Crippen LogP contribution in [0.4, 0.5) is 0 Å². The normalized spacial score (nSPS) is 22.5. The Labute approximate surface area is 374 Å². The van der Waals surface area contributed by atoms with Crippen LogP contribution in [0, 0.1) is 11.3 Å². The first-order valence-corrected chi connectivity index (χ1v) is 24.0. The van der Waals surface area contributed by atoms with E-state index < -0.39 is 51.0 Å². The van der Waals surface area contributed by atoms with E-state index in [-0.39, 0.29) is 44.9 Å². The van der Waals surface area contributed by atoms with Crippen LogP contribution in [0.15, 0.2) is 41.9 Å². The van der Waals surface area contributed by atoms with Crippen molar-refractivity contribution in [1.29, 1.82) is 0 Å². The highest BCUT2D eigenvalue weighted by Gasteiger charge is 2.45. The molecule has 63 heavy (non-hydrogen) atoms. The summed E-state index contributed by atoms with van der Waals surface area (Å²) in [6.45, 7) is 13.7. The third-order valence-corrected chi connectivity index (χ3v) is 15.4. The maximum Gasteiger partial charge on any atom is 0.282 e. The van der Waals surface area contributed by atoms with E-state index in [4.69, 9.17) is 24.2 Å². The van der Waals surface area contributed by atoms with Gasteiger partial charge in [-0.2, -0.15) is 17.0 Å². The van der Waals surface area contributed by atoms with Crippen molar-refractivity contribution in [1.82, 2.24) is 38.9 Å². The first kappa shape index (κ1) is 46.8. The number of methoxy groups -OCH3 is 2. The Morgan fingerprint density at radius 2 is 1.94 bits per heavy atom. The minimum atomic E-state index is -4.03. The number of thiazole rings is 1. The molecule has 2 fully saturated rings. The molecular formula is C45H62N8O8S2. The summed E-state index contributed by atoms with van der Waals surface area (Å²) < 4.78 is 49.6. The van der Waals surface area contributed by atoms with Gasteiger partial charge in [0.15, 0.2) is 0 Å². The summed E-state index contributed by atoms with van der Waals surface area (Å²) in [5, 5.41) is 7.96. The zero-order valence-corrected chi connectivity index (χ0v) is 39.5. The summed E-state index contributed by atoms with van der Waals surface area (Å²) in [7, 11) is 0.580. The second kappa shape index (κ2) is 18.8. The Morgan fingerprint density at radius 3 is 2.62 bits per heavy atom. The van der Waals surface area contributed by atoms with Gasteiger partial charge in [0, 0.05) is 87.5 Å². The van der Waals surface area contributed by atoms with E-state index >= 15 is 0 Å². The van der Waals surface area contributed by atoms with Crippen molar-refractivity contribution in [3.8, 4) is 22.5 Å². The average molecular weight is 907 g/mol. The fourth-order valence-corrected chi connectivity index (χ4v) is 11.7. The first-order chi connectivity index (χ1) is 30.0. The van der Waals surface area contributed by atoms with Gasteiger partial charge in [-0.25, -0.2) is 10.4 Å². The maximum atomic E-state index is 14.7. The van der Waals surface area contributed by atoms with Crippen LogP contribution in [-0.2, 0) is 58.2 Å². The minimum absolute atomic E-state index is 0.0148. The van der Waals surface area contributed by atoms with Gasteiger partial charge >= 0.3 is 0 Å². The Balaban J connectivity index is 1.31. The maximum absolute atomic E-state index is 14.7. The van der Waals surface area contributed by atoms with Crippen molar-refractivity contribution in [3.05, 3.63) is 58.2 Å². The van der Waals surface area contributed by atoms with E-state index in [1.807, 2.05) is 18.4 Å². The second-order valence-corrected chi connectivity index (χ2v) is 21.1. The van der Waals surface area contributed by atoms with Crippen LogP contribution in [0.5, 0.6) is 0 Å². The number of hydrazine groups is 1. The summed E-state index contributed by atoms with van der Waals surface area (Å²) in [6, 6.07) is 8.14. The third-order valence-electron chi connectivity index (χ3n) is 12.6. The van der Waals surface area contributed by atoms with Gasteiger partial charge in [-0.15, -0.1) is 11.3 Å². The van der Waals surface area contributed by atoms with Crippen molar-refractivity contribution in [2.24, 2.45) is 11.3 Å². The molecule has 1 aromatic carbocycles. The molecule has 2 N–H and O–H groups in total. The predicted molar refractivity (Wildman–Crippen MR) is 242 cm³/mol. The standard InChI is InChI=1S/C45H62N8O8S2/c1-10-52-37-15-14-30-19-33(37)34(41(52)32-13-11-17-46-39(32)29(4)59-8)21-44(5,6)26-61-27-45(25-54)16-12-18-53(49-45)43(56)35(20-38-47-36(30)24-62-38)48-42(55)40(28(2)3)50(7)63(57,58)51-22-31(23-51)60-9/h11,13-15,17,19,24-25,28-29,31,35,40,49H,10,12,16,18,20-23,26-27H2,1-9H3,(H,48,55)/t29-,35-,40-,45-/m0/s1. The molecule has 4 aromatic rings. The van der Waals surface area contributed by atoms with Crippen molar-refractivity contribution in [2.75, 3.05) is 54.1 Å². The third kappa shape index (κ3) is 9.36. The fraction of sp³-hybridized carbons (Fsp3) is 0.578. The number of nitrogens with zero attached hydrogens (tertiary/aromatic N) is 6. The Kier molecular flexibility index (Phi) is 13.9. The minimum Gasteiger partial charge on any atom is -0.379 e. The van der Waals surface area contributed by atoms with Crippen LogP contribution < -0.4 is 10.7 Å². The SMILES string of the molecule is CCn1c(-c2cccnc2[C@H](C)OC)c2c3cc(ccc31)-c1csc(n1)C[C@H](NC(=O)[C@H](C(C)C)N(C)S(=O)(=O)N1CC(OC)C1)C(=O)N1CCC[C@](C=O)(COCC(C)(C)C2)N1. The number of likely N-dealkylation sites (N-methyl/N-ethyl adjacent to an activating group) is 1. The van der Waals surface area contributed by atoms with Gasteiger partial charge in [-0.05, 0) is 74.3 Å². The molecule has 2 saturated heterocycles. The Bertz CT molecular complexity index is 2430. The van der Waals surface area contributed by atoms with Gasteiger partial charge in [-0.1, -0.05) is 33.8 Å². The molecule has 7 rings (SSSR count). The molecule has 6 heterocycles. The van der Waals surface area contributed by atoms with Gasteiger partial charge < -0.3 is 28.9 Å². The highest BCUT2D eigenvalue weighted by atomic mass is 32.2. The Morgan fingerprint density at radius 1 is 1.17 bits per heavy atom. The van der Waals surface area contributed by atoms with Gasteiger partial charge in [-0.3, -0.25) is 19.6 Å². The van der Waals surface area contributed by atoms with E-state index in [9.17, 15) is 22.8 Å². The molecule has 0 spiro atoms. The van der Waals surface area contributed by atoms with Gasteiger partial charge in [0.25, 0.3) is 16.1 Å². The van der Waals surface area contributed by atoms with Crippen molar-refractivity contribution in [2.45, 2.75) is 104 Å². The lowest BCUT2D eigenvalue weighted by Gasteiger charge is -2.42. The number of pyridine rings is 1. The molecule has 0 unspecified atom stereocenters. The lowest BCUT2D eigenvalue weighted by atomic mass is 9.84. The number of amides is 2. The van der Waals surface area contributed by atoms with Crippen LogP contribution in [0.3, 0.4) is 0 Å². The summed E-state index contributed by atoms with van der Waals surface area (Å²) in [6.07, 6.45) is 3.75. The number of benzene rings is 1. The lowest BCUT2D eigenvalue weighted by molar-refractivity contribution is -0.147. The van der Waals surface area contributed by atoms with Gasteiger partial charge in [0.1, 0.15) is 23.9 Å². The van der Waals surface area contributed by atoms with Gasteiger partial charge in [0.05, 0.1) is 47.5 Å². The average Bonchev–Trinajstić information content (AvgIpc) is 3.83. The van der Waals surface area contributed by atoms with Gasteiger partial charge in [0.2, 0.25) is 5.91 Å². The second-order valence-electron chi connectivity index (χ2n) is 18.2. The number of aldehydes is 1. The number of hydrogen-bond acceptors (Lipinski definition) is 12. The molecule has 18 heteroatoms. The largest absolute Gasteiger partial charge is 0.379 e. The number of aryl methyl sites for hydroxylation is 1. The van der Waals surface area contributed by atoms with E-state index in [1.165, 1.54) is 34.8 Å².